The van der Waals surface area contributed by atoms with Crippen LogP contribution in [0.4, 0.5) is 0 Å². The predicted octanol–water partition coefficient (Wildman–Crippen LogP) is -2.09. The smallest absolute Gasteiger partial charge is 0.314 e. The van der Waals surface area contributed by atoms with Gasteiger partial charge in [-0.15, -0.1) is 0 Å². The van der Waals surface area contributed by atoms with Crippen LogP contribution in [-0.4, -0.2) is 135 Å². The number of fused-ring (bicyclic) bond motifs is 1. The van der Waals surface area contributed by atoms with E-state index in [1.165, 1.54) is 0 Å². The molecule has 0 bridgehead atoms. The van der Waals surface area contributed by atoms with Crippen LogP contribution >= 0.6 is 0 Å². The fraction of sp³-hybridized carbons (Fsp3) is 1.00. The Morgan fingerprint density at radius 3 is 2.18 bits per heavy atom. The minimum absolute atomic E-state index is 0.321. The molecule has 3 heterocycles. The van der Waals surface area contributed by atoms with Crippen molar-refractivity contribution in [3.05, 3.63) is 0 Å². The Labute approximate surface area is 258 Å². The number of aliphatic hydroxyl groups excluding tert-OH is 6. The van der Waals surface area contributed by atoms with Crippen molar-refractivity contribution in [1.29, 1.82) is 0 Å². The Bertz CT molecular complexity index is 986. The second kappa shape index (κ2) is 12.8. The molecule has 16 atom stereocenters. The number of nitrogens with one attached hydrogen (secondary N) is 1. The highest BCUT2D eigenvalue weighted by Crippen LogP contribution is 2.51. The molecule has 0 radical (unpaired) electrons. The summed E-state index contributed by atoms with van der Waals surface area (Å²) in [6.45, 7) is 2.03. The van der Waals surface area contributed by atoms with E-state index in [4.69, 9.17) is 35.2 Å². The zero-order chi connectivity index (χ0) is 31.6. The van der Waals surface area contributed by atoms with E-state index in [0.29, 0.717) is 18.8 Å². The topological polar surface area (TPSA) is 232 Å². The second-order valence-electron chi connectivity index (χ2n) is 14.5. The third kappa shape index (κ3) is 5.76. The molecule has 1 spiro atoms. The Balaban J connectivity index is 1.29. The Hall–Kier alpha value is -0.560. The number of nitrogens with two attached hydrogens (primary N) is 2. The summed E-state index contributed by atoms with van der Waals surface area (Å²) in [7, 11) is 1.68. The van der Waals surface area contributed by atoms with Crippen molar-refractivity contribution < 1.29 is 54.3 Å². The quantitative estimate of drug-likeness (QED) is 0.147. The normalized spacial score (nSPS) is 52.0. The fourth-order valence-corrected chi connectivity index (χ4v) is 8.71. The first kappa shape index (κ1) is 33.3. The van der Waals surface area contributed by atoms with Crippen LogP contribution in [0.2, 0.25) is 0 Å². The maximum absolute atomic E-state index is 11.7. The molecule has 11 N–H and O–H groups in total. The van der Waals surface area contributed by atoms with Crippen LogP contribution in [0.5, 0.6) is 0 Å². The number of rotatable bonds is 7. The molecule has 0 aromatic rings. The monoisotopic (exact) mass is 631 g/mol. The summed E-state index contributed by atoms with van der Waals surface area (Å²) in [6.07, 6.45) is -6.83. The van der Waals surface area contributed by atoms with Gasteiger partial charge < -0.3 is 71.1 Å². The lowest BCUT2D eigenvalue weighted by Crippen LogP contribution is -2.68. The molecule has 14 nitrogen and oxygen atoms in total. The van der Waals surface area contributed by atoms with Crippen molar-refractivity contribution in [3.63, 3.8) is 0 Å². The van der Waals surface area contributed by atoms with Crippen molar-refractivity contribution >= 4 is 0 Å². The summed E-state index contributed by atoms with van der Waals surface area (Å²) in [5.74, 6) is -1.94. The van der Waals surface area contributed by atoms with Gasteiger partial charge in [-0.1, -0.05) is 45.4 Å². The van der Waals surface area contributed by atoms with Crippen molar-refractivity contribution in [3.8, 4) is 0 Å². The van der Waals surface area contributed by atoms with E-state index < -0.39 is 103 Å². The molecule has 3 aliphatic carbocycles. The molecule has 0 aromatic carbocycles. The van der Waals surface area contributed by atoms with E-state index >= 15 is 0 Å². The average Bonchev–Trinajstić information content (AvgIpc) is 3.76. The van der Waals surface area contributed by atoms with Gasteiger partial charge in [0.15, 0.2) is 12.4 Å². The third-order valence-electron chi connectivity index (χ3n) is 11.4. The van der Waals surface area contributed by atoms with Gasteiger partial charge in [-0.25, -0.2) is 0 Å². The first-order valence-electron chi connectivity index (χ1n) is 16.5. The fourth-order valence-electron chi connectivity index (χ4n) is 8.71. The van der Waals surface area contributed by atoms with Crippen LogP contribution in [0.15, 0.2) is 0 Å². The molecule has 0 aromatic heterocycles. The second-order valence-corrected chi connectivity index (χ2v) is 14.5. The molecule has 6 rings (SSSR count). The molecule has 6 aliphatic rings. The van der Waals surface area contributed by atoms with Gasteiger partial charge in [0.2, 0.25) is 0 Å². The van der Waals surface area contributed by atoms with Gasteiger partial charge >= 0.3 is 5.97 Å². The van der Waals surface area contributed by atoms with E-state index in [9.17, 15) is 30.6 Å². The van der Waals surface area contributed by atoms with E-state index in [-0.39, 0.29) is 0 Å². The van der Waals surface area contributed by atoms with Crippen LogP contribution in [0.3, 0.4) is 0 Å². The van der Waals surface area contributed by atoms with Gasteiger partial charge in [0.1, 0.15) is 42.7 Å². The number of aliphatic hydroxyl groups is 6. The zero-order valence-corrected chi connectivity index (χ0v) is 25.7. The van der Waals surface area contributed by atoms with Gasteiger partial charge in [0.05, 0.1) is 18.3 Å². The number of ether oxygens (including phenoxy) is 5. The summed E-state index contributed by atoms with van der Waals surface area (Å²) in [4.78, 5) is 0. The van der Waals surface area contributed by atoms with E-state index in [1.807, 2.05) is 6.92 Å². The number of likely N-dealkylation sites (N-methyl/N-ethyl adjacent to an activating group) is 1. The minimum atomic E-state index is -2.29. The van der Waals surface area contributed by atoms with Crippen molar-refractivity contribution in [2.75, 3.05) is 7.05 Å². The molecule has 3 saturated heterocycles. The highest BCUT2D eigenvalue weighted by molar-refractivity contribution is 5.07. The Morgan fingerprint density at radius 2 is 1.52 bits per heavy atom. The molecule has 0 amide bonds. The van der Waals surface area contributed by atoms with Crippen LogP contribution in [0, 0.1) is 11.3 Å². The molecular formula is C30H53N3O11. The average molecular weight is 632 g/mol. The van der Waals surface area contributed by atoms with E-state index in [1.54, 1.807) is 7.05 Å². The summed E-state index contributed by atoms with van der Waals surface area (Å²) in [5, 5.41) is 70.0. The van der Waals surface area contributed by atoms with E-state index in [0.717, 1.165) is 51.4 Å². The van der Waals surface area contributed by atoms with Crippen molar-refractivity contribution in [2.24, 2.45) is 22.8 Å². The predicted molar refractivity (Wildman–Crippen MR) is 153 cm³/mol. The highest BCUT2D eigenvalue weighted by atomic mass is 16.9. The number of hydrogen-bond donors (Lipinski definition) is 9. The maximum Gasteiger partial charge on any atom is 0.314 e. The van der Waals surface area contributed by atoms with E-state index in [2.05, 4.69) is 5.32 Å². The molecule has 254 valence electrons. The standard InChI is InChI=1S/C30H53N3O11/c1-29(9-5-6-10-29)27-21(38)24-25(28(41-27)40-23-17(34)14(31)12-16(33-2)18(23)35)44-30(43-24)26(39)20(37)19(36)22(42-30)15(32)11-13-7-3-4-8-13/h13-28,33-39H,3-12,31-32H2,1-2H3/t14-,15?,16+,17+,18-,19+,20-,21+,22+,23-,24-,25+,26+,27-,28-,30?/m0/s1. The van der Waals surface area contributed by atoms with Crippen molar-refractivity contribution in [2.45, 2.75) is 169 Å². The zero-order valence-electron chi connectivity index (χ0n) is 25.7. The first-order chi connectivity index (χ1) is 20.9. The summed E-state index contributed by atoms with van der Waals surface area (Å²) < 4.78 is 31.5. The molecule has 2 unspecified atom stereocenters. The largest absolute Gasteiger partial charge is 0.389 e. The lowest BCUT2D eigenvalue weighted by molar-refractivity contribution is -0.439. The summed E-state index contributed by atoms with van der Waals surface area (Å²) in [6, 6.07) is -1.84. The van der Waals surface area contributed by atoms with Gasteiger partial charge in [0.25, 0.3) is 0 Å². The SMILES string of the molecule is CN[C@@H]1C[C@H](N)[C@@H](O)[C@H](O[C@H]2O[C@H](C3(C)CCCC3)[C@H](O)[C@@H]3OC4(O[C@@H]23)O[C@H](C(N)CC2CCCC2)[C@H](O)[C@H](O)[C@H]4O)[C@H]1O. The van der Waals surface area contributed by atoms with Gasteiger partial charge in [-0.2, -0.15) is 0 Å². The lowest BCUT2D eigenvalue weighted by atomic mass is 9.76. The van der Waals surface area contributed by atoms with Crippen LogP contribution in [0.1, 0.15) is 71.1 Å². The van der Waals surface area contributed by atoms with Crippen LogP contribution in [-0.2, 0) is 23.7 Å². The summed E-state index contributed by atoms with van der Waals surface area (Å²) in [5.41, 5.74) is 12.3. The maximum atomic E-state index is 11.7. The molecular weight excluding hydrogens is 578 g/mol. The van der Waals surface area contributed by atoms with Gasteiger partial charge in [0, 0.05) is 18.1 Å². The molecule has 3 saturated carbocycles. The molecule has 14 heteroatoms. The number of hydrogen-bond acceptors (Lipinski definition) is 14. The summed E-state index contributed by atoms with van der Waals surface area (Å²) >= 11 is 0. The highest BCUT2D eigenvalue weighted by Gasteiger charge is 2.68. The van der Waals surface area contributed by atoms with Gasteiger partial charge in [-0.3, -0.25) is 0 Å². The van der Waals surface area contributed by atoms with Gasteiger partial charge in [-0.05, 0) is 44.1 Å². The third-order valence-corrected chi connectivity index (χ3v) is 11.4. The van der Waals surface area contributed by atoms with Crippen molar-refractivity contribution in [1.82, 2.24) is 5.32 Å². The molecule has 44 heavy (non-hydrogen) atoms. The Kier molecular flexibility index (Phi) is 9.70. The first-order valence-corrected chi connectivity index (χ1v) is 16.5. The van der Waals surface area contributed by atoms with Crippen LogP contribution < -0.4 is 16.8 Å². The Morgan fingerprint density at radius 1 is 0.864 bits per heavy atom. The van der Waals surface area contributed by atoms with Crippen LogP contribution in [0.25, 0.3) is 0 Å². The molecule has 3 aliphatic heterocycles. The molecule has 6 fully saturated rings. The lowest BCUT2D eigenvalue weighted by Gasteiger charge is -2.48. The minimum Gasteiger partial charge on any atom is -0.389 e.